The second-order valence-corrected chi connectivity index (χ2v) is 5.03. The molecule has 0 amide bonds. The molecule has 2 rings (SSSR count). The van der Waals surface area contributed by atoms with Gasteiger partial charge in [0.15, 0.2) is 0 Å². The van der Waals surface area contributed by atoms with Gasteiger partial charge in [-0.2, -0.15) is 0 Å². The molecule has 94 valence electrons. The van der Waals surface area contributed by atoms with E-state index in [0.29, 0.717) is 6.04 Å². The lowest BCUT2D eigenvalue weighted by Gasteiger charge is -2.35. The largest absolute Gasteiger partial charge is 0.329 e. The standard InChI is InChI=1S/C15H24N2/c1-2-13-6-8-14(9-7-13)12-17-10-4-3-5-15(17)11-16/h6-9,15H,2-5,10-12,16H2,1H3/t15-/m1/s1. The predicted molar refractivity (Wildman–Crippen MR) is 72.9 cm³/mol. The van der Waals surface area contributed by atoms with Gasteiger partial charge in [0.05, 0.1) is 0 Å². The second-order valence-electron chi connectivity index (χ2n) is 5.03. The van der Waals surface area contributed by atoms with E-state index < -0.39 is 0 Å². The fourth-order valence-corrected chi connectivity index (χ4v) is 2.65. The van der Waals surface area contributed by atoms with Crippen LogP contribution in [0.3, 0.4) is 0 Å². The highest BCUT2D eigenvalue weighted by molar-refractivity contribution is 5.22. The van der Waals surface area contributed by atoms with E-state index in [1.807, 2.05) is 0 Å². The number of nitrogens with two attached hydrogens (primary N) is 1. The summed E-state index contributed by atoms with van der Waals surface area (Å²) in [4.78, 5) is 2.55. The van der Waals surface area contributed by atoms with Crippen molar-refractivity contribution >= 4 is 0 Å². The summed E-state index contributed by atoms with van der Waals surface area (Å²) in [5.41, 5.74) is 8.69. The van der Waals surface area contributed by atoms with Gasteiger partial charge in [0.25, 0.3) is 0 Å². The molecule has 1 atom stereocenters. The van der Waals surface area contributed by atoms with Gasteiger partial charge >= 0.3 is 0 Å². The quantitative estimate of drug-likeness (QED) is 0.864. The maximum Gasteiger partial charge on any atom is 0.0237 e. The van der Waals surface area contributed by atoms with Crippen molar-refractivity contribution in [3.8, 4) is 0 Å². The zero-order chi connectivity index (χ0) is 12.1. The predicted octanol–water partition coefficient (Wildman–Crippen LogP) is 2.56. The number of aryl methyl sites for hydroxylation is 1. The first-order chi connectivity index (χ1) is 8.33. The average molecular weight is 232 g/mol. The van der Waals surface area contributed by atoms with E-state index in [0.717, 1.165) is 19.5 Å². The summed E-state index contributed by atoms with van der Waals surface area (Å²) in [7, 11) is 0. The fourth-order valence-electron chi connectivity index (χ4n) is 2.65. The van der Waals surface area contributed by atoms with Gasteiger partial charge in [-0.25, -0.2) is 0 Å². The number of rotatable bonds is 4. The topological polar surface area (TPSA) is 29.3 Å². The Morgan fingerprint density at radius 1 is 1.18 bits per heavy atom. The van der Waals surface area contributed by atoms with Crippen LogP contribution in [0.25, 0.3) is 0 Å². The van der Waals surface area contributed by atoms with E-state index >= 15 is 0 Å². The molecule has 1 fully saturated rings. The molecular formula is C15H24N2. The maximum atomic E-state index is 5.85. The summed E-state index contributed by atoms with van der Waals surface area (Å²) >= 11 is 0. The normalized spacial score (nSPS) is 21.6. The SMILES string of the molecule is CCc1ccc(CN2CCCC[C@@H]2CN)cc1. The maximum absolute atomic E-state index is 5.85. The molecule has 2 heteroatoms. The molecule has 1 saturated heterocycles. The van der Waals surface area contributed by atoms with Crippen molar-refractivity contribution in [1.29, 1.82) is 0 Å². The van der Waals surface area contributed by atoms with Gasteiger partial charge in [0.2, 0.25) is 0 Å². The van der Waals surface area contributed by atoms with Crippen molar-refractivity contribution in [3.63, 3.8) is 0 Å². The Kier molecular flexibility index (Phi) is 4.57. The van der Waals surface area contributed by atoms with Crippen LogP contribution < -0.4 is 5.73 Å². The third kappa shape index (κ3) is 3.30. The molecule has 0 spiro atoms. The minimum Gasteiger partial charge on any atom is -0.329 e. The van der Waals surface area contributed by atoms with Crippen LogP contribution in [0, 0.1) is 0 Å². The average Bonchev–Trinajstić information content (AvgIpc) is 2.40. The van der Waals surface area contributed by atoms with E-state index in [4.69, 9.17) is 5.73 Å². The second kappa shape index (κ2) is 6.18. The lowest BCUT2D eigenvalue weighted by molar-refractivity contribution is 0.145. The van der Waals surface area contributed by atoms with E-state index in [-0.39, 0.29) is 0 Å². The van der Waals surface area contributed by atoms with Gasteiger partial charge < -0.3 is 5.73 Å². The number of piperidine rings is 1. The monoisotopic (exact) mass is 232 g/mol. The number of hydrogen-bond donors (Lipinski definition) is 1. The van der Waals surface area contributed by atoms with Crippen LogP contribution in [0.4, 0.5) is 0 Å². The van der Waals surface area contributed by atoms with Crippen LogP contribution in [-0.4, -0.2) is 24.0 Å². The first-order valence-electron chi connectivity index (χ1n) is 6.85. The van der Waals surface area contributed by atoms with Crippen molar-refractivity contribution in [3.05, 3.63) is 35.4 Å². The molecule has 1 aromatic rings. The van der Waals surface area contributed by atoms with Crippen LogP contribution in [0.2, 0.25) is 0 Å². The van der Waals surface area contributed by atoms with E-state index in [2.05, 4.69) is 36.1 Å². The smallest absolute Gasteiger partial charge is 0.0237 e. The zero-order valence-corrected chi connectivity index (χ0v) is 10.9. The fraction of sp³-hybridized carbons (Fsp3) is 0.600. The van der Waals surface area contributed by atoms with E-state index in [9.17, 15) is 0 Å². The summed E-state index contributed by atoms with van der Waals surface area (Å²) in [6.45, 7) is 5.26. The van der Waals surface area contributed by atoms with Crippen LogP contribution in [0.5, 0.6) is 0 Å². The van der Waals surface area contributed by atoms with E-state index in [1.165, 1.54) is 36.9 Å². The Bertz CT molecular complexity index is 331. The molecule has 0 radical (unpaired) electrons. The molecule has 0 bridgehead atoms. The van der Waals surface area contributed by atoms with Gasteiger partial charge in [-0.1, -0.05) is 37.6 Å². The van der Waals surface area contributed by atoms with Gasteiger partial charge in [-0.3, -0.25) is 4.90 Å². The summed E-state index contributed by atoms with van der Waals surface area (Å²) in [5, 5.41) is 0. The van der Waals surface area contributed by atoms with Crippen LogP contribution >= 0.6 is 0 Å². The molecule has 1 aromatic carbocycles. The number of benzene rings is 1. The Morgan fingerprint density at radius 3 is 2.53 bits per heavy atom. The Morgan fingerprint density at radius 2 is 1.88 bits per heavy atom. The summed E-state index contributed by atoms with van der Waals surface area (Å²) < 4.78 is 0. The molecule has 2 nitrogen and oxygen atoms in total. The minimum absolute atomic E-state index is 0.592. The highest BCUT2D eigenvalue weighted by Crippen LogP contribution is 2.19. The van der Waals surface area contributed by atoms with Crippen LogP contribution in [0.15, 0.2) is 24.3 Å². The molecule has 0 aromatic heterocycles. The van der Waals surface area contributed by atoms with Crippen molar-refractivity contribution in [2.24, 2.45) is 5.73 Å². The first kappa shape index (κ1) is 12.6. The van der Waals surface area contributed by atoms with Crippen molar-refractivity contribution in [1.82, 2.24) is 4.90 Å². The zero-order valence-electron chi connectivity index (χ0n) is 10.9. The lowest BCUT2D eigenvalue weighted by atomic mass is 10.0. The summed E-state index contributed by atoms with van der Waals surface area (Å²) in [5.74, 6) is 0. The van der Waals surface area contributed by atoms with Crippen molar-refractivity contribution in [2.45, 2.75) is 45.2 Å². The molecule has 0 aliphatic carbocycles. The van der Waals surface area contributed by atoms with Crippen LogP contribution in [-0.2, 0) is 13.0 Å². The molecule has 2 N–H and O–H groups in total. The Labute approximate surface area is 105 Å². The minimum atomic E-state index is 0.592. The molecular weight excluding hydrogens is 208 g/mol. The van der Waals surface area contributed by atoms with Crippen molar-refractivity contribution in [2.75, 3.05) is 13.1 Å². The van der Waals surface area contributed by atoms with Crippen molar-refractivity contribution < 1.29 is 0 Å². The van der Waals surface area contributed by atoms with Gasteiger partial charge in [-0.15, -0.1) is 0 Å². The first-order valence-corrected chi connectivity index (χ1v) is 6.85. The highest BCUT2D eigenvalue weighted by atomic mass is 15.2. The van der Waals surface area contributed by atoms with Gasteiger partial charge in [-0.05, 0) is 36.9 Å². The molecule has 1 aliphatic rings. The van der Waals surface area contributed by atoms with Crippen LogP contribution in [0.1, 0.15) is 37.3 Å². The Hall–Kier alpha value is -0.860. The third-order valence-electron chi connectivity index (χ3n) is 3.84. The molecule has 1 aliphatic heterocycles. The molecule has 17 heavy (non-hydrogen) atoms. The molecule has 0 unspecified atom stereocenters. The lowest BCUT2D eigenvalue weighted by Crippen LogP contribution is -2.43. The Balaban J connectivity index is 1.98. The molecule has 1 heterocycles. The number of likely N-dealkylation sites (tertiary alicyclic amines) is 1. The summed E-state index contributed by atoms with van der Waals surface area (Å²) in [6, 6.07) is 9.62. The third-order valence-corrected chi connectivity index (χ3v) is 3.84. The number of nitrogens with zero attached hydrogens (tertiary/aromatic N) is 1. The van der Waals surface area contributed by atoms with Gasteiger partial charge in [0.1, 0.15) is 0 Å². The highest BCUT2D eigenvalue weighted by Gasteiger charge is 2.20. The van der Waals surface area contributed by atoms with E-state index in [1.54, 1.807) is 0 Å². The van der Waals surface area contributed by atoms with Gasteiger partial charge in [0, 0.05) is 19.1 Å². The molecule has 0 saturated carbocycles. The number of hydrogen-bond acceptors (Lipinski definition) is 2. The summed E-state index contributed by atoms with van der Waals surface area (Å²) in [6.07, 6.45) is 5.05.